The van der Waals surface area contributed by atoms with E-state index in [-0.39, 0.29) is 5.91 Å². The van der Waals surface area contributed by atoms with Gasteiger partial charge in [0.05, 0.1) is 18.7 Å². The van der Waals surface area contributed by atoms with Gasteiger partial charge in [0.2, 0.25) is 0 Å². The van der Waals surface area contributed by atoms with Crippen molar-refractivity contribution >= 4 is 17.5 Å². The molecule has 0 saturated carbocycles. The summed E-state index contributed by atoms with van der Waals surface area (Å²) in [5, 5.41) is 3.19. The third kappa shape index (κ3) is 4.60. The number of hydrogen-bond donors (Lipinski definition) is 1. The summed E-state index contributed by atoms with van der Waals surface area (Å²) in [5.74, 6) is 0.667. The van der Waals surface area contributed by atoms with E-state index in [9.17, 15) is 4.79 Å². The Kier molecular flexibility index (Phi) is 6.23. The molecule has 1 aromatic carbocycles. The van der Waals surface area contributed by atoms with E-state index in [0.717, 1.165) is 5.69 Å². The number of halogens is 1. The number of hydrogen-bond acceptors (Lipinski definition) is 4. The van der Waals surface area contributed by atoms with Crippen LogP contribution in [-0.2, 0) is 6.42 Å². The Bertz CT molecular complexity index is 662. The van der Waals surface area contributed by atoms with Crippen LogP contribution in [0.1, 0.15) is 23.0 Å². The first-order valence-electron chi connectivity index (χ1n) is 7.34. The fourth-order valence-electron chi connectivity index (χ4n) is 2.09. The second kappa shape index (κ2) is 8.39. The first-order chi connectivity index (χ1) is 11.2. The molecule has 0 bridgehead atoms. The van der Waals surface area contributed by atoms with Crippen LogP contribution in [-0.4, -0.2) is 31.2 Å². The minimum atomic E-state index is -0.218. The Labute approximate surface area is 140 Å². The maximum atomic E-state index is 12.2. The third-order valence-corrected chi connectivity index (χ3v) is 3.45. The van der Waals surface area contributed by atoms with Gasteiger partial charge in [-0.2, -0.15) is 0 Å². The van der Waals surface area contributed by atoms with Crippen LogP contribution in [0.4, 0.5) is 0 Å². The molecule has 0 radical (unpaired) electrons. The summed E-state index contributed by atoms with van der Waals surface area (Å²) in [6, 6.07) is 8.89. The second-order valence-corrected chi connectivity index (χ2v) is 5.16. The molecule has 1 heterocycles. The van der Waals surface area contributed by atoms with Gasteiger partial charge >= 0.3 is 0 Å². The molecular weight excluding hydrogens is 316 g/mol. The Morgan fingerprint density at radius 3 is 2.83 bits per heavy atom. The Morgan fingerprint density at radius 1 is 1.35 bits per heavy atom. The minimum Gasteiger partial charge on any atom is -0.493 e. The average Bonchev–Trinajstić information content (AvgIpc) is 2.57. The van der Waals surface area contributed by atoms with Gasteiger partial charge in [-0.1, -0.05) is 17.7 Å². The Morgan fingerprint density at radius 2 is 2.17 bits per heavy atom. The summed E-state index contributed by atoms with van der Waals surface area (Å²) in [6.07, 6.45) is 2.39. The van der Waals surface area contributed by atoms with Crippen LogP contribution < -0.4 is 14.8 Å². The lowest BCUT2D eigenvalue weighted by atomic mass is 10.1. The van der Waals surface area contributed by atoms with Crippen LogP contribution >= 0.6 is 11.6 Å². The highest BCUT2D eigenvalue weighted by atomic mass is 35.5. The van der Waals surface area contributed by atoms with Gasteiger partial charge in [-0.3, -0.25) is 9.78 Å². The molecule has 0 saturated heterocycles. The fraction of sp³-hybridized carbons (Fsp3) is 0.294. The first-order valence-corrected chi connectivity index (χ1v) is 7.72. The van der Waals surface area contributed by atoms with E-state index < -0.39 is 0 Å². The molecule has 2 rings (SSSR count). The van der Waals surface area contributed by atoms with Gasteiger partial charge < -0.3 is 14.8 Å². The predicted octanol–water partition coefficient (Wildman–Crippen LogP) is 3.11. The molecule has 2 aromatic rings. The van der Waals surface area contributed by atoms with Gasteiger partial charge in [0.25, 0.3) is 5.91 Å². The van der Waals surface area contributed by atoms with E-state index >= 15 is 0 Å². The van der Waals surface area contributed by atoms with E-state index in [4.69, 9.17) is 21.1 Å². The normalized spacial score (nSPS) is 10.2. The quantitative estimate of drug-likeness (QED) is 0.845. The van der Waals surface area contributed by atoms with Crippen molar-refractivity contribution in [2.75, 3.05) is 20.3 Å². The predicted molar refractivity (Wildman–Crippen MR) is 89.4 cm³/mol. The lowest BCUT2D eigenvalue weighted by molar-refractivity contribution is 0.0953. The van der Waals surface area contributed by atoms with E-state index in [1.807, 2.05) is 25.1 Å². The van der Waals surface area contributed by atoms with Gasteiger partial charge in [-0.05, 0) is 31.2 Å². The first kappa shape index (κ1) is 17.1. The molecule has 0 spiro atoms. The molecule has 0 aliphatic carbocycles. The van der Waals surface area contributed by atoms with Gasteiger partial charge in [0.1, 0.15) is 0 Å². The summed E-state index contributed by atoms with van der Waals surface area (Å²) in [4.78, 5) is 16.5. The number of rotatable bonds is 7. The average molecular weight is 335 g/mol. The zero-order chi connectivity index (χ0) is 16.7. The number of ether oxygens (including phenoxy) is 2. The van der Waals surface area contributed by atoms with E-state index in [2.05, 4.69) is 10.3 Å². The largest absolute Gasteiger partial charge is 0.493 e. The summed E-state index contributed by atoms with van der Waals surface area (Å²) in [6.45, 7) is 2.81. The van der Waals surface area contributed by atoms with Crippen LogP contribution in [0.3, 0.4) is 0 Å². The Hall–Kier alpha value is -2.27. The highest BCUT2D eigenvalue weighted by Crippen LogP contribution is 2.36. The highest BCUT2D eigenvalue weighted by Gasteiger charge is 2.15. The molecule has 5 nitrogen and oxygen atoms in total. The maximum absolute atomic E-state index is 12.2. The molecule has 0 unspecified atom stereocenters. The van der Waals surface area contributed by atoms with E-state index in [1.54, 1.807) is 18.3 Å². The van der Waals surface area contributed by atoms with Crippen molar-refractivity contribution < 1.29 is 14.3 Å². The van der Waals surface area contributed by atoms with Gasteiger partial charge in [-0.15, -0.1) is 0 Å². The van der Waals surface area contributed by atoms with Crippen molar-refractivity contribution in [3.8, 4) is 11.5 Å². The number of amides is 1. The smallest absolute Gasteiger partial charge is 0.251 e. The molecule has 0 aliphatic rings. The third-order valence-electron chi connectivity index (χ3n) is 3.17. The molecule has 1 aromatic heterocycles. The molecule has 0 atom stereocenters. The van der Waals surface area contributed by atoms with E-state index in [1.165, 1.54) is 7.11 Å². The van der Waals surface area contributed by atoms with Crippen molar-refractivity contribution in [1.29, 1.82) is 0 Å². The Balaban J connectivity index is 2.03. The number of pyridine rings is 1. The molecule has 1 N–H and O–H groups in total. The topological polar surface area (TPSA) is 60.5 Å². The fourth-order valence-corrected chi connectivity index (χ4v) is 2.35. The summed E-state index contributed by atoms with van der Waals surface area (Å²) < 4.78 is 10.7. The number of aromatic nitrogens is 1. The number of carbonyl (C=O) groups excluding carboxylic acids is 1. The van der Waals surface area contributed by atoms with Gasteiger partial charge in [-0.25, -0.2) is 0 Å². The zero-order valence-corrected chi connectivity index (χ0v) is 13.9. The summed E-state index contributed by atoms with van der Waals surface area (Å²) >= 11 is 6.17. The van der Waals surface area contributed by atoms with Crippen LogP contribution in [0, 0.1) is 0 Å². The van der Waals surface area contributed by atoms with Crippen molar-refractivity contribution in [2.45, 2.75) is 13.3 Å². The maximum Gasteiger partial charge on any atom is 0.251 e. The van der Waals surface area contributed by atoms with Gasteiger partial charge in [0.15, 0.2) is 11.5 Å². The van der Waals surface area contributed by atoms with Crippen molar-refractivity contribution in [2.24, 2.45) is 0 Å². The monoisotopic (exact) mass is 334 g/mol. The molecule has 6 heteroatoms. The standard InChI is InChI=1S/C17H19ClN2O3/c1-3-23-16-14(18)10-12(11-15(16)22-2)17(21)20-9-7-13-6-4-5-8-19-13/h4-6,8,10-11H,3,7,9H2,1-2H3,(H,20,21). The summed E-state index contributed by atoms with van der Waals surface area (Å²) in [7, 11) is 1.51. The lowest BCUT2D eigenvalue weighted by Crippen LogP contribution is -2.26. The number of nitrogens with zero attached hydrogens (tertiary/aromatic N) is 1. The number of benzene rings is 1. The van der Waals surface area contributed by atoms with Crippen molar-refractivity contribution in [1.82, 2.24) is 10.3 Å². The highest BCUT2D eigenvalue weighted by molar-refractivity contribution is 6.32. The van der Waals surface area contributed by atoms with Crippen LogP contribution in [0.2, 0.25) is 5.02 Å². The molecule has 0 aliphatic heterocycles. The second-order valence-electron chi connectivity index (χ2n) is 4.75. The van der Waals surface area contributed by atoms with Crippen molar-refractivity contribution in [3.63, 3.8) is 0 Å². The van der Waals surface area contributed by atoms with Crippen LogP contribution in [0.15, 0.2) is 36.5 Å². The zero-order valence-electron chi connectivity index (χ0n) is 13.1. The number of methoxy groups -OCH3 is 1. The molecule has 122 valence electrons. The molecular formula is C17H19ClN2O3. The lowest BCUT2D eigenvalue weighted by Gasteiger charge is -2.13. The van der Waals surface area contributed by atoms with Crippen LogP contribution in [0.25, 0.3) is 0 Å². The SMILES string of the molecule is CCOc1c(Cl)cc(C(=O)NCCc2ccccn2)cc1OC. The van der Waals surface area contributed by atoms with Gasteiger partial charge in [0, 0.05) is 30.4 Å². The minimum absolute atomic E-state index is 0.218. The molecule has 23 heavy (non-hydrogen) atoms. The van der Waals surface area contributed by atoms with E-state index in [0.29, 0.717) is 41.7 Å². The summed E-state index contributed by atoms with van der Waals surface area (Å²) in [5.41, 5.74) is 1.35. The van der Waals surface area contributed by atoms with Crippen LogP contribution in [0.5, 0.6) is 11.5 Å². The molecule has 0 fully saturated rings. The number of carbonyl (C=O) groups is 1. The van der Waals surface area contributed by atoms with Crippen molar-refractivity contribution in [3.05, 3.63) is 52.8 Å². The number of nitrogens with one attached hydrogen (secondary N) is 1. The molecule has 1 amide bonds.